The molecule has 2 saturated heterocycles. The van der Waals surface area contributed by atoms with Crippen LogP contribution < -0.4 is 25.6 Å². The Kier molecular flexibility index (Phi) is 9.90. The summed E-state index contributed by atoms with van der Waals surface area (Å²) in [5.41, 5.74) is 2.67. The molecule has 1 saturated carbocycles. The minimum absolute atomic E-state index is 0.00348. The first-order chi connectivity index (χ1) is 21.6. The van der Waals surface area contributed by atoms with Gasteiger partial charge < -0.3 is 29.7 Å². The molecule has 2 aliphatic heterocycles. The normalized spacial score (nSPS) is 18.8. The van der Waals surface area contributed by atoms with Gasteiger partial charge >= 0.3 is 0 Å². The molecule has 0 amide bonds. The predicted octanol–water partition coefficient (Wildman–Crippen LogP) is 6.65. The van der Waals surface area contributed by atoms with Crippen LogP contribution in [0.1, 0.15) is 39.5 Å². The van der Waals surface area contributed by atoms with Crippen LogP contribution in [0, 0.1) is 5.92 Å². The molecule has 0 radical (unpaired) electrons. The third kappa shape index (κ3) is 8.31. The number of para-hydroxylation sites is 1. The Morgan fingerprint density at radius 3 is 2.38 bits per heavy atom. The van der Waals surface area contributed by atoms with Gasteiger partial charge in [0, 0.05) is 68.9 Å². The third-order valence-corrected chi connectivity index (χ3v) is 10.8. The smallest absolute Gasteiger partial charge is 0.229 e. The summed E-state index contributed by atoms with van der Waals surface area (Å²) in [4.78, 5) is 17.0. The molecule has 6 rings (SSSR count). The number of nitrogens with zero attached hydrogens (tertiary/aromatic N) is 5. The number of aromatic nitrogens is 2. The fourth-order valence-electron chi connectivity index (χ4n) is 6.44. The van der Waals surface area contributed by atoms with Crippen LogP contribution in [-0.2, 0) is 4.57 Å². The van der Waals surface area contributed by atoms with E-state index in [1.165, 1.54) is 64.1 Å². The summed E-state index contributed by atoms with van der Waals surface area (Å²) in [6.45, 7) is 15.8. The number of benzene rings is 2. The van der Waals surface area contributed by atoms with E-state index in [0.717, 1.165) is 35.7 Å². The van der Waals surface area contributed by atoms with Crippen LogP contribution in [0.5, 0.6) is 5.75 Å². The second-order valence-electron chi connectivity index (χ2n) is 13.4. The van der Waals surface area contributed by atoms with E-state index in [-0.39, 0.29) is 6.10 Å². The van der Waals surface area contributed by atoms with Crippen molar-refractivity contribution in [3.8, 4) is 5.75 Å². The Labute approximate surface area is 273 Å². The van der Waals surface area contributed by atoms with Crippen molar-refractivity contribution < 1.29 is 9.30 Å². The summed E-state index contributed by atoms with van der Waals surface area (Å²) >= 11 is 6.49. The number of hydrogen-bond donors (Lipinski definition) is 2. The maximum absolute atomic E-state index is 12.9. The van der Waals surface area contributed by atoms with Crippen molar-refractivity contribution in [3.05, 3.63) is 53.7 Å². The van der Waals surface area contributed by atoms with Crippen molar-refractivity contribution >= 4 is 52.9 Å². The molecule has 9 nitrogen and oxygen atoms in total. The van der Waals surface area contributed by atoms with Crippen molar-refractivity contribution in [2.24, 2.45) is 5.92 Å². The van der Waals surface area contributed by atoms with Crippen molar-refractivity contribution in [1.29, 1.82) is 0 Å². The van der Waals surface area contributed by atoms with Crippen molar-refractivity contribution in [2.75, 3.05) is 74.7 Å². The molecule has 242 valence electrons. The molecule has 3 fully saturated rings. The number of piperazine rings is 1. The molecule has 3 aliphatic rings. The molecular weight excluding hydrogens is 605 g/mol. The van der Waals surface area contributed by atoms with Gasteiger partial charge in [-0.1, -0.05) is 23.7 Å². The molecule has 45 heavy (non-hydrogen) atoms. The lowest BCUT2D eigenvalue weighted by atomic mass is 10.0. The van der Waals surface area contributed by atoms with Gasteiger partial charge in [0.2, 0.25) is 5.95 Å². The topological polar surface area (TPSA) is 85.9 Å². The highest BCUT2D eigenvalue weighted by Gasteiger charge is 2.30. The predicted molar refractivity (Wildman–Crippen MR) is 187 cm³/mol. The minimum atomic E-state index is -2.52. The Balaban J connectivity index is 1.12. The Hall–Kier alpha value is -2.84. The number of nitrogens with one attached hydrogen (secondary N) is 2. The molecular formula is C34H47ClN7O2P. The van der Waals surface area contributed by atoms with Crippen LogP contribution in [-0.4, -0.2) is 91.1 Å². The fourth-order valence-corrected chi connectivity index (χ4v) is 7.73. The average molecular weight is 652 g/mol. The SMILES string of the molecule is CC(C)Oc1cc(N2CCC(N3CCN(CC4CC4)CC3)CC2)ccc1Nc1ncc(Cl)c(Nc2ccccc2P(C)(C)=O)n1. The Morgan fingerprint density at radius 2 is 1.69 bits per heavy atom. The fraction of sp³-hybridized carbons (Fsp3) is 0.529. The zero-order chi connectivity index (χ0) is 31.6. The van der Waals surface area contributed by atoms with Gasteiger partial charge in [0.15, 0.2) is 5.82 Å². The summed E-state index contributed by atoms with van der Waals surface area (Å²) < 4.78 is 19.2. The van der Waals surface area contributed by atoms with E-state index in [0.29, 0.717) is 28.5 Å². The summed E-state index contributed by atoms with van der Waals surface area (Å²) in [6, 6.07) is 14.5. The number of anilines is 5. The molecule has 2 aromatic carbocycles. The molecule has 11 heteroatoms. The van der Waals surface area contributed by atoms with Gasteiger partial charge in [-0.15, -0.1) is 0 Å². The molecule has 0 unspecified atom stereocenters. The number of piperidine rings is 1. The molecule has 0 bridgehead atoms. The standard InChI is InChI=1S/C34H47ClN7O2P/c1-24(2)44-31-21-27(41-15-13-26(14-16-41)42-19-17-40(18-20-42)23-25-9-10-25)11-12-29(31)38-34-36-22-28(35)33(39-34)37-30-7-5-6-8-32(30)45(3,4)43/h5-8,11-12,21-22,24-26H,9-10,13-20,23H2,1-4H3,(H2,36,37,38,39). The zero-order valence-electron chi connectivity index (χ0n) is 27.0. The van der Waals surface area contributed by atoms with Gasteiger partial charge in [-0.3, -0.25) is 4.90 Å². The first kappa shape index (κ1) is 32.1. The second-order valence-corrected chi connectivity index (χ2v) is 16.9. The van der Waals surface area contributed by atoms with Crippen LogP contribution in [0.25, 0.3) is 0 Å². The first-order valence-corrected chi connectivity index (χ1v) is 19.3. The van der Waals surface area contributed by atoms with Gasteiger partial charge in [-0.05, 0) is 83.0 Å². The molecule has 1 aromatic heterocycles. The number of hydrogen-bond acceptors (Lipinski definition) is 9. The van der Waals surface area contributed by atoms with Crippen molar-refractivity contribution in [3.63, 3.8) is 0 Å². The van der Waals surface area contributed by atoms with Crippen LogP contribution in [0.4, 0.5) is 28.8 Å². The number of halogens is 1. The zero-order valence-corrected chi connectivity index (χ0v) is 28.7. The summed E-state index contributed by atoms with van der Waals surface area (Å²) in [7, 11) is -2.52. The first-order valence-electron chi connectivity index (χ1n) is 16.4. The number of ether oxygens (including phenoxy) is 1. The Bertz CT molecular complexity index is 1510. The lowest BCUT2D eigenvalue weighted by molar-refractivity contribution is 0.0825. The van der Waals surface area contributed by atoms with E-state index in [2.05, 4.69) is 47.4 Å². The largest absolute Gasteiger partial charge is 0.489 e. The van der Waals surface area contributed by atoms with Crippen LogP contribution in [0.15, 0.2) is 48.7 Å². The highest BCUT2D eigenvalue weighted by Crippen LogP contribution is 2.39. The third-order valence-electron chi connectivity index (χ3n) is 9.02. The second kappa shape index (κ2) is 13.9. The van der Waals surface area contributed by atoms with E-state index in [4.69, 9.17) is 16.3 Å². The highest BCUT2D eigenvalue weighted by atomic mass is 35.5. The van der Waals surface area contributed by atoms with E-state index in [9.17, 15) is 4.57 Å². The molecule has 2 N–H and O–H groups in total. The van der Waals surface area contributed by atoms with Gasteiger partial charge in [-0.25, -0.2) is 4.98 Å². The van der Waals surface area contributed by atoms with Crippen molar-refractivity contribution in [2.45, 2.75) is 51.7 Å². The Morgan fingerprint density at radius 1 is 0.956 bits per heavy atom. The molecule has 3 heterocycles. The van der Waals surface area contributed by atoms with Gasteiger partial charge in [0.05, 0.1) is 23.7 Å². The molecule has 1 aliphatic carbocycles. The van der Waals surface area contributed by atoms with Gasteiger partial charge in [0.25, 0.3) is 0 Å². The molecule has 0 atom stereocenters. The summed E-state index contributed by atoms with van der Waals surface area (Å²) in [5, 5.41) is 7.73. The quantitative estimate of drug-likeness (QED) is 0.221. The minimum Gasteiger partial charge on any atom is -0.489 e. The van der Waals surface area contributed by atoms with Crippen LogP contribution >= 0.6 is 18.7 Å². The lowest BCUT2D eigenvalue weighted by Crippen LogP contribution is -2.53. The maximum Gasteiger partial charge on any atom is 0.229 e. The van der Waals surface area contributed by atoms with E-state index < -0.39 is 7.14 Å². The average Bonchev–Trinajstić information content (AvgIpc) is 3.84. The lowest BCUT2D eigenvalue weighted by Gasteiger charge is -2.43. The molecule has 0 spiro atoms. The number of rotatable bonds is 11. The van der Waals surface area contributed by atoms with E-state index >= 15 is 0 Å². The maximum atomic E-state index is 12.9. The summed E-state index contributed by atoms with van der Waals surface area (Å²) in [5.74, 6) is 2.55. The van der Waals surface area contributed by atoms with Gasteiger partial charge in [-0.2, -0.15) is 4.98 Å². The highest BCUT2D eigenvalue weighted by molar-refractivity contribution is 7.70. The summed E-state index contributed by atoms with van der Waals surface area (Å²) in [6.07, 6.45) is 6.81. The van der Waals surface area contributed by atoms with E-state index in [1.807, 2.05) is 44.2 Å². The van der Waals surface area contributed by atoms with E-state index in [1.54, 1.807) is 19.5 Å². The monoisotopic (exact) mass is 651 g/mol. The van der Waals surface area contributed by atoms with Crippen LogP contribution in [0.3, 0.4) is 0 Å². The molecule has 3 aromatic rings. The van der Waals surface area contributed by atoms with Gasteiger partial charge in [0.1, 0.15) is 17.9 Å². The van der Waals surface area contributed by atoms with Crippen LogP contribution in [0.2, 0.25) is 5.02 Å². The van der Waals surface area contributed by atoms with Crippen molar-refractivity contribution in [1.82, 2.24) is 19.8 Å².